The van der Waals surface area contributed by atoms with Crippen LogP contribution < -0.4 is 4.90 Å². The molecule has 2 aromatic carbocycles. The average molecular weight is 423 g/mol. The molecule has 0 bridgehead atoms. The molecule has 1 aliphatic rings. The molecular formula is C24H25NO6. The van der Waals surface area contributed by atoms with Gasteiger partial charge >= 0.3 is 11.9 Å². The molecule has 0 unspecified atom stereocenters. The second-order valence-corrected chi connectivity index (χ2v) is 7.72. The van der Waals surface area contributed by atoms with Crippen LogP contribution in [-0.2, 0) is 19.1 Å². The fourth-order valence-electron chi connectivity index (χ4n) is 3.34. The predicted molar refractivity (Wildman–Crippen MR) is 114 cm³/mol. The molecule has 2 atom stereocenters. The molecule has 1 saturated heterocycles. The van der Waals surface area contributed by atoms with Crippen molar-refractivity contribution >= 4 is 29.3 Å². The van der Waals surface area contributed by atoms with Crippen molar-refractivity contribution in [2.45, 2.75) is 39.4 Å². The highest BCUT2D eigenvalue weighted by Crippen LogP contribution is 2.27. The summed E-state index contributed by atoms with van der Waals surface area (Å²) in [4.78, 5) is 50.8. The van der Waals surface area contributed by atoms with Crippen LogP contribution >= 0.6 is 0 Å². The van der Waals surface area contributed by atoms with Crippen LogP contribution in [0.5, 0.6) is 0 Å². The number of carbonyl (C=O) groups is 4. The number of ether oxygens (including phenoxy) is 2. The molecule has 0 N–H and O–H groups in total. The Kier molecular flexibility index (Phi) is 6.84. The van der Waals surface area contributed by atoms with Crippen molar-refractivity contribution < 1.29 is 28.7 Å². The van der Waals surface area contributed by atoms with Gasteiger partial charge in [-0.25, -0.2) is 4.79 Å². The van der Waals surface area contributed by atoms with Gasteiger partial charge in [0.25, 0.3) is 0 Å². The van der Waals surface area contributed by atoms with E-state index in [-0.39, 0.29) is 30.8 Å². The molecule has 0 radical (unpaired) electrons. The van der Waals surface area contributed by atoms with Gasteiger partial charge in [-0.3, -0.25) is 14.4 Å². The monoisotopic (exact) mass is 423 g/mol. The normalized spacial score (nSPS) is 16.8. The second-order valence-electron chi connectivity index (χ2n) is 7.72. The van der Waals surface area contributed by atoms with Gasteiger partial charge in [-0.05, 0) is 45.0 Å². The topological polar surface area (TPSA) is 90.0 Å². The minimum atomic E-state index is -0.940. The number of hydrogen-bond donors (Lipinski definition) is 0. The van der Waals surface area contributed by atoms with E-state index < -0.39 is 24.0 Å². The van der Waals surface area contributed by atoms with E-state index in [1.54, 1.807) is 68.4 Å². The Bertz CT molecular complexity index is 967. The number of Topliss-reactive ketones (excluding diaryl/α,β-unsaturated/α-hetero) is 1. The Hall–Kier alpha value is -3.48. The zero-order valence-corrected chi connectivity index (χ0v) is 17.7. The highest BCUT2D eigenvalue weighted by Gasteiger charge is 2.37. The SMILES string of the molecule is CC(C)OC(=O)c1ccc(N2C[C@H](C(=O)O[C@@H](C)C(=O)c3ccccc3)CC2=O)cc1. The first-order valence-electron chi connectivity index (χ1n) is 10.2. The molecule has 0 aromatic heterocycles. The summed E-state index contributed by atoms with van der Waals surface area (Å²) in [5, 5.41) is 0. The molecule has 3 rings (SSSR count). The Morgan fingerprint density at radius 2 is 1.55 bits per heavy atom. The molecule has 1 heterocycles. The van der Waals surface area contributed by atoms with Gasteiger partial charge in [0.2, 0.25) is 11.7 Å². The number of esters is 2. The fraction of sp³-hybridized carbons (Fsp3) is 0.333. The number of benzene rings is 2. The van der Waals surface area contributed by atoms with E-state index >= 15 is 0 Å². The standard InChI is InChI=1S/C24H25NO6/c1-15(2)30-23(28)18-9-11-20(12-10-18)25-14-19(13-21(25)26)24(29)31-16(3)22(27)17-7-5-4-6-8-17/h4-12,15-16,19H,13-14H2,1-3H3/t16-,19+/m0/s1. The van der Waals surface area contributed by atoms with Crippen LogP contribution in [0.1, 0.15) is 47.9 Å². The summed E-state index contributed by atoms with van der Waals surface area (Å²) >= 11 is 0. The molecular weight excluding hydrogens is 398 g/mol. The average Bonchev–Trinajstić information content (AvgIpc) is 3.15. The van der Waals surface area contributed by atoms with Crippen LogP contribution in [0.25, 0.3) is 0 Å². The van der Waals surface area contributed by atoms with Crippen LogP contribution in [0.4, 0.5) is 5.69 Å². The molecule has 1 fully saturated rings. The Labute approximate surface area is 180 Å². The first-order chi connectivity index (χ1) is 14.8. The Morgan fingerprint density at radius 1 is 0.903 bits per heavy atom. The molecule has 2 aromatic rings. The zero-order valence-electron chi connectivity index (χ0n) is 17.7. The first-order valence-corrected chi connectivity index (χ1v) is 10.2. The fourth-order valence-corrected chi connectivity index (χ4v) is 3.34. The van der Waals surface area contributed by atoms with E-state index in [1.807, 2.05) is 0 Å². The second kappa shape index (κ2) is 9.55. The van der Waals surface area contributed by atoms with E-state index in [0.717, 1.165) is 0 Å². The Morgan fingerprint density at radius 3 is 2.16 bits per heavy atom. The van der Waals surface area contributed by atoms with E-state index in [4.69, 9.17) is 9.47 Å². The summed E-state index contributed by atoms with van der Waals surface area (Å²) in [6.07, 6.45) is -1.16. The predicted octanol–water partition coefficient (Wildman–Crippen LogP) is 3.42. The third-order valence-electron chi connectivity index (χ3n) is 4.94. The summed E-state index contributed by atoms with van der Waals surface area (Å²) in [6, 6.07) is 15.0. The van der Waals surface area contributed by atoms with E-state index in [1.165, 1.54) is 11.8 Å². The maximum absolute atomic E-state index is 12.5. The van der Waals surface area contributed by atoms with Crippen molar-refractivity contribution in [3.63, 3.8) is 0 Å². The number of rotatable bonds is 7. The lowest BCUT2D eigenvalue weighted by Gasteiger charge is -2.18. The van der Waals surface area contributed by atoms with Crippen LogP contribution in [-0.4, -0.2) is 42.4 Å². The summed E-state index contributed by atoms with van der Waals surface area (Å²) in [7, 11) is 0. The van der Waals surface area contributed by atoms with Crippen molar-refractivity contribution in [3.05, 3.63) is 65.7 Å². The maximum atomic E-state index is 12.5. The van der Waals surface area contributed by atoms with Gasteiger partial charge in [-0.15, -0.1) is 0 Å². The summed E-state index contributed by atoms with van der Waals surface area (Å²) in [5.41, 5.74) is 1.42. The Balaban J connectivity index is 1.61. The molecule has 7 heteroatoms. The molecule has 162 valence electrons. The third kappa shape index (κ3) is 5.36. The summed E-state index contributed by atoms with van der Waals surface area (Å²) < 4.78 is 10.5. The molecule has 7 nitrogen and oxygen atoms in total. The van der Waals surface area contributed by atoms with Crippen molar-refractivity contribution in [2.24, 2.45) is 5.92 Å². The number of ketones is 1. The largest absolute Gasteiger partial charge is 0.459 e. The first kappa shape index (κ1) is 22.2. The van der Waals surface area contributed by atoms with E-state index in [2.05, 4.69) is 0 Å². The minimum absolute atomic E-state index is 0.00221. The number of anilines is 1. The highest BCUT2D eigenvalue weighted by atomic mass is 16.5. The molecule has 0 saturated carbocycles. The van der Waals surface area contributed by atoms with Gasteiger partial charge in [-0.1, -0.05) is 30.3 Å². The lowest BCUT2D eigenvalue weighted by Crippen LogP contribution is -2.30. The molecule has 31 heavy (non-hydrogen) atoms. The summed E-state index contributed by atoms with van der Waals surface area (Å²) in [6.45, 7) is 5.21. The van der Waals surface area contributed by atoms with Gasteiger partial charge in [0.05, 0.1) is 17.6 Å². The highest BCUT2D eigenvalue weighted by molar-refractivity contribution is 6.02. The number of amides is 1. The van der Waals surface area contributed by atoms with Crippen molar-refractivity contribution in [1.29, 1.82) is 0 Å². The lowest BCUT2D eigenvalue weighted by molar-refractivity contribution is -0.151. The van der Waals surface area contributed by atoms with Crippen molar-refractivity contribution in [1.82, 2.24) is 0 Å². The quantitative estimate of drug-likeness (QED) is 0.501. The van der Waals surface area contributed by atoms with Crippen LogP contribution in [0.3, 0.4) is 0 Å². The van der Waals surface area contributed by atoms with Crippen LogP contribution in [0, 0.1) is 5.92 Å². The van der Waals surface area contributed by atoms with Gasteiger partial charge in [0.1, 0.15) is 0 Å². The molecule has 1 aliphatic heterocycles. The smallest absolute Gasteiger partial charge is 0.338 e. The molecule has 1 amide bonds. The summed E-state index contributed by atoms with van der Waals surface area (Å²) in [5.74, 6) is -2.19. The number of hydrogen-bond acceptors (Lipinski definition) is 6. The molecule has 0 aliphatic carbocycles. The van der Waals surface area contributed by atoms with Crippen molar-refractivity contribution in [3.8, 4) is 0 Å². The van der Waals surface area contributed by atoms with Crippen LogP contribution in [0.2, 0.25) is 0 Å². The van der Waals surface area contributed by atoms with E-state index in [0.29, 0.717) is 16.8 Å². The number of carbonyl (C=O) groups excluding carboxylic acids is 4. The third-order valence-corrected chi connectivity index (χ3v) is 4.94. The lowest BCUT2D eigenvalue weighted by atomic mass is 10.1. The van der Waals surface area contributed by atoms with Gasteiger partial charge in [-0.2, -0.15) is 0 Å². The van der Waals surface area contributed by atoms with Crippen molar-refractivity contribution in [2.75, 3.05) is 11.4 Å². The van der Waals surface area contributed by atoms with E-state index in [9.17, 15) is 19.2 Å². The van der Waals surface area contributed by atoms with Crippen LogP contribution in [0.15, 0.2) is 54.6 Å². The zero-order chi connectivity index (χ0) is 22.5. The maximum Gasteiger partial charge on any atom is 0.338 e. The molecule has 0 spiro atoms. The van der Waals surface area contributed by atoms with Gasteiger partial charge in [0, 0.05) is 24.2 Å². The number of nitrogens with zero attached hydrogens (tertiary/aromatic N) is 1. The minimum Gasteiger partial charge on any atom is -0.459 e. The van der Waals surface area contributed by atoms with Gasteiger partial charge < -0.3 is 14.4 Å². The van der Waals surface area contributed by atoms with Gasteiger partial charge in [0.15, 0.2) is 6.10 Å².